The lowest BCUT2D eigenvalue weighted by Gasteiger charge is -2.08. The van der Waals surface area contributed by atoms with Crippen molar-refractivity contribution in [2.24, 2.45) is 0 Å². The summed E-state index contributed by atoms with van der Waals surface area (Å²) in [5.41, 5.74) is 0.0697. The summed E-state index contributed by atoms with van der Waals surface area (Å²) >= 11 is 0. The van der Waals surface area contributed by atoms with Crippen molar-refractivity contribution in [3.63, 3.8) is 0 Å². The number of carbonyl (C=O) groups excluding carboxylic acids is 1. The molecule has 0 aliphatic heterocycles. The summed E-state index contributed by atoms with van der Waals surface area (Å²) in [6.07, 6.45) is 0. The lowest BCUT2D eigenvalue weighted by Crippen LogP contribution is -2.08. The molecule has 1 aromatic heterocycles. The molecule has 0 saturated heterocycles. The molecule has 116 valence electrons. The van der Waals surface area contributed by atoms with Crippen LogP contribution in [0.3, 0.4) is 0 Å². The Hall–Kier alpha value is -3.28. The molecule has 2 aromatic carbocycles. The summed E-state index contributed by atoms with van der Waals surface area (Å²) in [6, 6.07) is 11.6. The van der Waals surface area contributed by atoms with Crippen LogP contribution in [0.4, 0.5) is 0 Å². The zero-order chi connectivity index (χ0) is 16.4. The molecule has 0 spiro atoms. The fraction of sp³-hybridized carbons (Fsp3) is 0.0588. The van der Waals surface area contributed by atoms with Gasteiger partial charge in [0, 0.05) is 23.1 Å². The molecule has 1 heterocycles. The van der Waals surface area contributed by atoms with Crippen molar-refractivity contribution in [1.29, 1.82) is 0 Å². The van der Waals surface area contributed by atoms with Crippen molar-refractivity contribution >= 4 is 16.9 Å². The van der Waals surface area contributed by atoms with E-state index in [1.165, 1.54) is 30.3 Å². The third-order valence-electron chi connectivity index (χ3n) is 3.30. The van der Waals surface area contributed by atoms with Crippen LogP contribution < -0.4 is 5.63 Å². The Bertz CT molecular complexity index is 941. The SMILES string of the molecule is O=C(OCc1cc(=O)oc2cc(O)ccc12)c1ccccc1O. The van der Waals surface area contributed by atoms with Crippen LogP contribution in [0.1, 0.15) is 15.9 Å². The van der Waals surface area contributed by atoms with E-state index in [4.69, 9.17) is 9.15 Å². The smallest absolute Gasteiger partial charge is 0.342 e. The predicted molar refractivity (Wildman–Crippen MR) is 81.4 cm³/mol. The number of hydrogen-bond donors (Lipinski definition) is 2. The molecule has 0 amide bonds. The van der Waals surface area contributed by atoms with Crippen LogP contribution in [0, 0.1) is 0 Å². The van der Waals surface area contributed by atoms with Gasteiger partial charge < -0.3 is 19.4 Å². The highest BCUT2D eigenvalue weighted by atomic mass is 16.5. The Balaban J connectivity index is 1.89. The largest absolute Gasteiger partial charge is 0.508 e. The number of carbonyl (C=O) groups is 1. The molecule has 3 rings (SSSR count). The van der Waals surface area contributed by atoms with Gasteiger partial charge in [-0.05, 0) is 24.3 Å². The van der Waals surface area contributed by atoms with Crippen LogP contribution in [-0.4, -0.2) is 16.2 Å². The summed E-state index contributed by atoms with van der Waals surface area (Å²) in [7, 11) is 0. The molecule has 0 atom stereocenters. The number of rotatable bonds is 3. The highest BCUT2D eigenvalue weighted by Gasteiger charge is 2.13. The molecular weight excluding hydrogens is 300 g/mol. The highest BCUT2D eigenvalue weighted by Crippen LogP contribution is 2.23. The number of benzene rings is 2. The molecule has 6 nitrogen and oxygen atoms in total. The van der Waals surface area contributed by atoms with E-state index in [0.29, 0.717) is 10.9 Å². The number of para-hydroxylation sites is 1. The van der Waals surface area contributed by atoms with Crippen molar-refractivity contribution in [2.75, 3.05) is 0 Å². The lowest BCUT2D eigenvalue weighted by atomic mass is 10.1. The van der Waals surface area contributed by atoms with Gasteiger partial charge in [-0.1, -0.05) is 12.1 Å². The fourth-order valence-electron chi connectivity index (χ4n) is 2.21. The standard InChI is InChI=1S/C17H12O6/c18-11-5-6-12-10(7-16(20)23-15(12)8-11)9-22-17(21)13-3-1-2-4-14(13)19/h1-8,18-19H,9H2. The third kappa shape index (κ3) is 3.01. The lowest BCUT2D eigenvalue weighted by molar-refractivity contribution is 0.0470. The van der Waals surface area contributed by atoms with Crippen molar-refractivity contribution in [3.8, 4) is 11.5 Å². The Kier molecular flexibility index (Phi) is 3.72. The fourth-order valence-corrected chi connectivity index (χ4v) is 2.21. The predicted octanol–water partition coefficient (Wildman–Crippen LogP) is 2.56. The molecule has 0 fully saturated rings. The highest BCUT2D eigenvalue weighted by molar-refractivity contribution is 5.92. The topological polar surface area (TPSA) is 97.0 Å². The van der Waals surface area contributed by atoms with Crippen LogP contribution in [0.15, 0.2) is 57.7 Å². The summed E-state index contributed by atoms with van der Waals surface area (Å²) in [5, 5.41) is 19.6. The summed E-state index contributed by atoms with van der Waals surface area (Å²) in [5.74, 6) is -0.924. The number of phenolic OH excluding ortho intramolecular Hbond substituents is 2. The second-order valence-corrected chi connectivity index (χ2v) is 4.86. The van der Waals surface area contributed by atoms with Crippen LogP contribution in [-0.2, 0) is 11.3 Å². The quantitative estimate of drug-likeness (QED) is 0.570. The van der Waals surface area contributed by atoms with E-state index >= 15 is 0 Å². The van der Waals surface area contributed by atoms with Gasteiger partial charge in [-0.15, -0.1) is 0 Å². The Morgan fingerprint density at radius 3 is 2.65 bits per heavy atom. The molecule has 0 radical (unpaired) electrons. The molecule has 0 saturated carbocycles. The van der Waals surface area contributed by atoms with Gasteiger partial charge in [0.15, 0.2) is 0 Å². The Morgan fingerprint density at radius 1 is 1.09 bits per heavy atom. The first kappa shape index (κ1) is 14.6. The van der Waals surface area contributed by atoms with Crippen molar-refractivity contribution in [2.45, 2.75) is 6.61 Å². The van der Waals surface area contributed by atoms with Crippen LogP contribution >= 0.6 is 0 Å². The number of fused-ring (bicyclic) bond motifs is 1. The zero-order valence-corrected chi connectivity index (χ0v) is 11.9. The molecule has 3 aromatic rings. The minimum atomic E-state index is -0.705. The molecule has 0 aliphatic carbocycles. The average Bonchev–Trinajstić information content (AvgIpc) is 2.52. The second kappa shape index (κ2) is 5.84. The Morgan fingerprint density at radius 2 is 1.87 bits per heavy atom. The van der Waals surface area contributed by atoms with Gasteiger partial charge >= 0.3 is 11.6 Å². The zero-order valence-electron chi connectivity index (χ0n) is 11.9. The number of hydrogen-bond acceptors (Lipinski definition) is 6. The maximum atomic E-state index is 12.0. The van der Waals surface area contributed by atoms with Gasteiger partial charge in [-0.25, -0.2) is 9.59 Å². The number of ether oxygens (including phenoxy) is 1. The molecule has 0 unspecified atom stereocenters. The van der Waals surface area contributed by atoms with E-state index in [2.05, 4.69) is 0 Å². The van der Waals surface area contributed by atoms with E-state index in [-0.39, 0.29) is 29.3 Å². The van der Waals surface area contributed by atoms with E-state index in [0.717, 1.165) is 0 Å². The van der Waals surface area contributed by atoms with Gasteiger partial charge in [0.1, 0.15) is 29.3 Å². The third-order valence-corrected chi connectivity index (χ3v) is 3.30. The van der Waals surface area contributed by atoms with E-state index in [1.54, 1.807) is 18.2 Å². The average molecular weight is 312 g/mol. The Labute approximate surface area is 130 Å². The van der Waals surface area contributed by atoms with Crippen molar-refractivity contribution in [3.05, 3.63) is 70.1 Å². The number of esters is 1. The van der Waals surface area contributed by atoms with Gasteiger partial charge in [-0.3, -0.25) is 0 Å². The van der Waals surface area contributed by atoms with Crippen LogP contribution in [0.2, 0.25) is 0 Å². The number of phenols is 2. The van der Waals surface area contributed by atoms with Gasteiger partial charge in [0.2, 0.25) is 0 Å². The van der Waals surface area contributed by atoms with E-state index < -0.39 is 11.6 Å². The summed E-state index contributed by atoms with van der Waals surface area (Å²) < 4.78 is 10.1. The minimum Gasteiger partial charge on any atom is -0.508 e. The van der Waals surface area contributed by atoms with Crippen LogP contribution in [0.5, 0.6) is 11.5 Å². The first-order valence-electron chi connectivity index (χ1n) is 6.75. The maximum Gasteiger partial charge on any atom is 0.342 e. The van der Waals surface area contributed by atoms with Crippen LogP contribution in [0.25, 0.3) is 11.0 Å². The molecule has 0 aliphatic rings. The normalized spacial score (nSPS) is 10.6. The second-order valence-electron chi connectivity index (χ2n) is 4.86. The first-order chi connectivity index (χ1) is 11.0. The van der Waals surface area contributed by atoms with Crippen molar-refractivity contribution in [1.82, 2.24) is 0 Å². The van der Waals surface area contributed by atoms with Gasteiger partial charge in [0.05, 0.1) is 0 Å². The number of aromatic hydroxyl groups is 2. The summed E-state index contributed by atoms with van der Waals surface area (Å²) in [6.45, 7) is -0.167. The van der Waals surface area contributed by atoms with E-state index in [1.807, 2.05) is 0 Å². The molecule has 0 bridgehead atoms. The van der Waals surface area contributed by atoms with Crippen molar-refractivity contribution < 1.29 is 24.2 Å². The molecule has 2 N–H and O–H groups in total. The summed E-state index contributed by atoms with van der Waals surface area (Å²) in [4.78, 5) is 23.5. The molecule has 23 heavy (non-hydrogen) atoms. The first-order valence-corrected chi connectivity index (χ1v) is 6.75. The van der Waals surface area contributed by atoms with Gasteiger partial charge in [0.25, 0.3) is 0 Å². The monoisotopic (exact) mass is 312 g/mol. The maximum absolute atomic E-state index is 12.0. The van der Waals surface area contributed by atoms with E-state index in [9.17, 15) is 19.8 Å². The molecule has 6 heteroatoms. The molecular formula is C17H12O6. The van der Waals surface area contributed by atoms with Gasteiger partial charge in [-0.2, -0.15) is 0 Å². The minimum absolute atomic E-state index is 0.0380.